The molecule has 1 rings (SSSR count). The van der Waals surface area contributed by atoms with E-state index in [1.165, 1.54) is 0 Å². The van der Waals surface area contributed by atoms with Crippen LogP contribution in [0.4, 0.5) is 0 Å². The summed E-state index contributed by atoms with van der Waals surface area (Å²) in [6, 6.07) is 0.212. The second-order valence-electron chi connectivity index (χ2n) is 4.17. The quantitative estimate of drug-likeness (QED) is 0.624. The molecule has 0 aliphatic rings. The van der Waals surface area contributed by atoms with Crippen molar-refractivity contribution in [2.45, 2.75) is 39.8 Å². The van der Waals surface area contributed by atoms with Gasteiger partial charge < -0.3 is 10.6 Å². The lowest BCUT2D eigenvalue weighted by Gasteiger charge is -2.08. The minimum Gasteiger partial charge on any atom is -0.354 e. The largest absolute Gasteiger partial charge is 0.354 e. The van der Waals surface area contributed by atoms with Crippen LogP contribution in [0.25, 0.3) is 0 Å². The number of aromatic amines is 1. The van der Waals surface area contributed by atoms with Crippen LogP contribution in [0.5, 0.6) is 0 Å². The number of rotatable bonds is 6. The van der Waals surface area contributed by atoms with Crippen molar-refractivity contribution in [1.29, 1.82) is 0 Å². The van der Waals surface area contributed by atoms with Crippen LogP contribution in [0.3, 0.4) is 0 Å². The van der Waals surface area contributed by atoms with Crippen molar-refractivity contribution in [2.75, 3.05) is 6.54 Å². The smallest absolute Gasteiger partial charge is 0.221 e. The Bertz CT molecular complexity index is 332. The number of hydrogen-bond acceptors (Lipinski definition) is 3. The second-order valence-corrected chi connectivity index (χ2v) is 4.17. The number of aromatic nitrogens is 2. The van der Waals surface area contributed by atoms with Crippen molar-refractivity contribution >= 4 is 5.91 Å². The summed E-state index contributed by atoms with van der Waals surface area (Å²) in [5.41, 5.74) is 2.21. The molecule has 1 aromatic heterocycles. The van der Waals surface area contributed by atoms with E-state index in [0.717, 1.165) is 17.8 Å². The number of H-pyrrole nitrogens is 1. The summed E-state index contributed by atoms with van der Waals surface area (Å²) >= 11 is 0. The van der Waals surface area contributed by atoms with Gasteiger partial charge in [0.1, 0.15) is 0 Å². The lowest BCUT2D eigenvalue weighted by atomic mass is 10.2. The average Bonchev–Trinajstić information content (AvgIpc) is 2.58. The van der Waals surface area contributed by atoms with Gasteiger partial charge in [0.15, 0.2) is 0 Å². The van der Waals surface area contributed by atoms with Crippen LogP contribution in [0.2, 0.25) is 0 Å². The summed E-state index contributed by atoms with van der Waals surface area (Å²) in [7, 11) is 0. The maximum absolute atomic E-state index is 11.3. The molecule has 5 nitrogen and oxygen atoms in total. The summed E-state index contributed by atoms with van der Waals surface area (Å²) in [5, 5.41) is 12.9. The Hall–Kier alpha value is -1.36. The van der Waals surface area contributed by atoms with Gasteiger partial charge in [-0.1, -0.05) is 0 Å². The van der Waals surface area contributed by atoms with Gasteiger partial charge in [0.2, 0.25) is 5.91 Å². The molecule has 1 amide bonds. The molecule has 1 heterocycles. The predicted molar refractivity (Wildman–Crippen MR) is 62.9 cm³/mol. The monoisotopic (exact) mass is 224 g/mol. The summed E-state index contributed by atoms with van der Waals surface area (Å²) < 4.78 is 0. The molecule has 5 heteroatoms. The van der Waals surface area contributed by atoms with Crippen molar-refractivity contribution in [2.24, 2.45) is 0 Å². The van der Waals surface area contributed by atoms with Gasteiger partial charge >= 0.3 is 0 Å². The molecule has 90 valence electrons. The van der Waals surface area contributed by atoms with E-state index in [-0.39, 0.29) is 11.9 Å². The number of carbonyl (C=O) groups is 1. The first-order chi connectivity index (χ1) is 7.59. The Kier molecular flexibility index (Phi) is 4.98. The van der Waals surface area contributed by atoms with Gasteiger partial charge in [-0.15, -0.1) is 0 Å². The molecule has 0 saturated heterocycles. The second kappa shape index (κ2) is 6.27. The highest BCUT2D eigenvalue weighted by molar-refractivity contribution is 5.76. The standard InChI is InChI=1S/C11H20N4O/c1-8(2)14-11(16)4-5-12-6-10-7-13-15-9(10)3/h7-8,12H,4-6H2,1-3H3,(H,13,15)(H,14,16). The molecule has 0 saturated carbocycles. The molecule has 0 aliphatic heterocycles. The van der Waals surface area contributed by atoms with E-state index < -0.39 is 0 Å². The minimum absolute atomic E-state index is 0.0893. The Labute approximate surface area is 96.0 Å². The van der Waals surface area contributed by atoms with Crippen LogP contribution in [0.1, 0.15) is 31.5 Å². The van der Waals surface area contributed by atoms with Crippen molar-refractivity contribution in [1.82, 2.24) is 20.8 Å². The molecular formula is C11H20N4O. The van der Waals surface area contributed by atoms with E-state index in [1.54, 1.807) is 6.20 Å². The number of nitrogens with zero attached hydrogens (tertiary/aromatic N) is 1. The molecule has 0 aromatic carbocycles. The van der Waals surface area contributed by atoms with Crippen LogP contribution in [-0.2, 0) is 11.3 Å². The summed E-state index contributed by atoms with van der Waals surface area (Å²) in [6.45, 7) is 7.33. The zero-order valence-electron chi connectivity index (χ0n) is 10.1. The van der Waals surface area contributed by atoms with Gasteiger partial charge in [0.25, 0.3) is 0 Å². The molecule has 0 radical (unpaired) electrons. The Balaban J connectivity index is 2.13. The molecule has 0 atom stereocenters. The van der Waals surface area contributed by atoms with Gasteiger partial charge in [0, 0.05) is 36.8 Å². The summed E-state index contributed by atoms with van der Waals surface area (Å²) in [5.74, 6) is 0.0893. The zero-order chi connectivity index (χ0) is 12.0. The minimum atomic E-state index is 0.0893. The lowest BCUT2D eigenvalue weighted by molar-refractivity contribution is -0.121. The molecular weight excluding hydrogens is 204 g/mol. The first-order valence-corrected chi connectivity index (χ1v) is 5.58. The Morgan fingerprint density at radius 2 is 2.31 bits per heavy atom. The number of carbonyl (C=O) groups excluding carboxylic acids is 1. The van der Waals surface area contributed by atoms with Crippen LogP contribution >= 0.6 is 0 Å². The van der Waals surface area contributed by atoms with Crippen LogP contribution < -0.4 is 10.6 Å². The molecule has 16 heavy (non-hydrogen) atoms. The van der Waals surface area contributed by atoms with Gasteiger partial charge in [-0.25, -0.2) is 0 Å². The number of aryl methyl sites for hydroxylation is 1. The maximum atomic E-state index is 11.3. The fraction of sp³-hybridized carbons (Fsp3) is 0.636. The lowest BCUT2D eigenvalue weighted by Crippen LogP contribution is -2.32. The summed E-state index contributed by atoms with van der Waals surface area (Å²) in [4.78, 5) is 11.3. The SMILES string of the molecule is Cc1[nH]ncc1CNCCC(=O)NC(C)C. The number of amides is 1. The molecule has 0 spiro atoms. The fourth-order valence-electron chi connectivity index (χ4n) is 1.37. The molecule has 0 unspecified atom stereocenters. The highest BCUT2D eigenvalue weighted by atomic mass is 16.1. The van der Waals surface area contributed by atoms with Crippen molar-refractivity contribution in [3.63, 3.8) is 0 Å². The van der Waals surface area contributed by atoms with Crippen LogP contribution in [-0.4, -0.2) is 28.7 Å². The van der Waals surface area contributed by atoms with Gasteiger partial charge in [0.05, 0.1) is 6.20 Å². The molecule has 3 N–H and O–H groups in total. The van der Waals surface area contributed by atoms with Gasteiger partial charge in [-0.05, 0) is 20.8 Å². The van der Waals surface area contributed by atoms with E-state index in [9.17, 15) is 4.79 Å². The van der Waals surface area contributed by atoms with E-state index >= 15 is 0 Å². The maximum Gasteiger partial charge on any atom is 0.221 e. The zero-order valence-corrected chi connectivity index (χ0v) is 10.1. The van der Waals surface area contributed by atoms with Gasteiger partial charge in [-0.2, -0.15) is 5.10 Å². The molecule has 1 aromatic rings. The van der Waals surface area contributed by atoms with Crippen LogP contribution in [0, 0.1) is 6.92 Å². The average molecular weight is 224 g/mol. The van der Waals surface area contributed by atoms with Gasteiger partial charge in [-0.3, -0.25) is 9.89 Å². The highest BCUT2D eigenvalue weighted by Gasteiger charge is 2.03. The Morgan fingerprint density at radius 1 is 1.56 bits per heavy atom. The van der Waals surface area contributed by atoms with Crippen molar-refractivity contribution in [3.05, 3.63) is 17.5 Å². The summed E-state index contributed by atoms with van der Waals surface area (Å²) in [6.07, 6.45) is 2.31. The van der Waals surface area contributed by atoms with E-state index in [1.807, 2.05) is 20.8 Å². The van der Waals surface area contributed by atoms with Crippen molar-refractivity contribution in [3.8, 4) is 0 Å². The third-order valence-corrected chi connectivity index (χ3v) is 2.23. The molecule has 0 bridgehead atoms. The topological polar surface area (TPSA) is 69.8 Å². The normalized spacial score (nSPS) is 10.8. The molecule has 0 aliphatic carbocycles. The molecule has 0 fully saturated rings. The van der Waals surface area contributed by atoms with Crippen molar-refractivity contribution < 1.29 is 4.79 Å². The fourth-order valence-corrected chi connectivity index (χ4v) is 1.37. The first-order valence-electron chi connectivity index (χ1n) is 5.58. The Morgan fingerprint density at radius 3 is 2.88 bits per heavy atom. The van der Waals surface area contributed by atoms with E-state index in [4.69, 9.17) is 0 Å². The highest BCUT2D eigenvalue weighted by Crippen LogP contribution is 2.00. The number of nitrogens with one attached hydrogen (secondary N) is 3. The number of hydrogen-bond donors (Lipinski definition) is 3. The predicted octanol–water partition coefficient (Wildman–Crippen LogP) is 0.722. The van der Waals surface area contributed by atoms with E-state index in [0.29, 0.717) is 13.0 Å². The first kappa shape index (κ1) is 12.7. The van der Waals surface area contributed by atoms with Crippen LogP contribution in [0.15, 0.2) is 6.20 Å². The third kappa shape index (κ3) is 4.44. The van der Waals surface area contributed by atoms with E-state index in [2.05, 4.69) is 20.8 Å². The third-order valence-electron chi connectivity index (χ3n) is 2.23.